The highest BCUT2D eigenvalue weighted by Gasteiger charge is 2.40. The number of hydrogen-bond acceptors (Lipinski definition) is 9. The summed E-state index contributed by atoms with van der Waals surface area (Å²) in [4.78, 5) is 23.4. The van der Waals surface area contributed by atoms with Crippen molar-refractivity contribution < 1.29 is 27.6 Å². The first-order valence-electron chi connectivity index (χ1n) is 12.6. The molecule has 0 spiro atoms. The molecule has 6 rings (SSSR count). The average molecular weight is 546 g/mol. The van der Waals surface area contributed by atoms with E-state index in [0.717, 1.165) is 43.2 Å². The third-order valence-electron chi connectivity index (χ3n) is 7.39. The van der Waals surface area contributed by atoms with Crippen molar-refractivity contribution in [2.45, 2.75) is 25.5 Å². The zero-order valence-electron chi connectivity index (χ0n) is 20.8. The summed E-state index contributed by atoms with van der Waals surface area (Å²) in [5.74, 6) is 1.39. The molecule has 3 aliphatic rings. The van der Waals surface area contributed by atoms with E-state index in [4.69, 9.17) is 4.74 Å². The highest BCUT2D eigenvalue weighted by Crippen LogP contribution is 2.36. The van der Waals surface area contributed by atoms with E-state index in [2.05, 4.69) is 29.8 Å². The van der Waals surface area contributed by atoms with E-state index >= 15 is 0 Å². The molecule has 206 valence electrons. The van der Waals surface area contributed by atoms with E-state index in [1.165, 1.54) is 18.3 Å². The summed E-state index contributed by atoms with van der Waals surface area (Å²) in [6, 6.07) is 10.4. The van der Waals surface area contributed by atoms with Crippen molar-refractivity contribution in [3.8, 4) is 11.8 Å². The number of alkyl halides is 3. The fourth-order valence-corrected chi connectivity index (χ4v) is 5.53. The molecule has 39 heavy (non-hydrogen) atoms. The average Bonchev–Trinajstić information content (AvgIpc) is 3.60. The van der Waals surface area contributed by atoms with Gasteiger partial charge in [-0.25, -0.2) is 4.98 Å². The lowest BCUT2D eigenvalue weighted by atomic mass is 10.0. The minimum absolute atomic E-state index is 0.0137. The Bertz CT molecular complexity index is 1320. The molecule has 2 aromatic heterocycles. The summed E-state index contributed by atoms with van der Waals surface area (Å²) in [6.45, 7) is 4.92. The zero-order chi connectivity index (χ0) is 27.1. The number of ether oxygens (including phenoxy) is 2. The molecular formula is C25H26F3N7O4. The molecule has 14 heteroatoms. The van der Waals surface area contributed by atoms with E-state index in [1.54, 1.807) is 16.7 Å². The van der Waals surface area contributed by atoms with Crippen LogP contribution in [-0.4, -0.2) is 64.6 Å². The number of fused-ring (bicyclic) bond motifs is 2. The number of nitro groups is 1. The number of hydrogen-bond donors (Lipinski definition) is 1. The van der Waals surface area contributed by atoms with Crippen LogP contribution in [0.4, 0.5) is 30.5 Å². The number of rotatable bonds is 7. The number of halogens is 3. The molecule has 0 radical (unpaired) electrons. The van der Waals surface area contributed by atoms with Crippen molar-refractivity contribution in [3.05, 3.63) is 64.5 Å². The lowest BCUT2D eigenvalue weighted by Crippen LogP contribution is -2.41. The number of pyridine rings is 1. The minimum atomic E-state index is -4.69. The van der Waals surface area contributed by atoms with Gasteiger partial charge in [0, 0.05) is 68.0 Å². The predicted molar refractivity (Wildman–Crippen MR) is 134 cm³/mol. The van der Waals surface area contributed by atoms with E-state index < -0.39 is 11.3 Å². The molecule has 1 N–H and O–H groups in total. The molecule has 3 aliphatic heterocycles. The standard InChI is InChI=1S/C25H26F3N7O4/c26-25(27,28)39-21-4-2-20(3-5-21)32-9-17-11-33(12-18(17)10-32)22-6-1-16(8-30-22)7-29-19-13-34-14-23(35(36)37)31-24(34)38-15-19/h1-6,8,14,17-19,29H,7,9-13,15H2. The number of anilines is 2. The van der Waals surface area contributed by atoms with Crippen LogP contribution in [0, 0.1) is 22.0 Å². The topological polar surface area (TPSA) is 111 Å². The lowest BCUT2D eigenvalue weighted by Gasteiger charge is -2.24. The smallest absolute Gasteiger partial charge is 0.444 e. The number of benzene rings is 1. The second kappa shape index (κ2) is 9.91. The van der Waals surface area contributed by atoms with Crippen molar-refractivity contribution in [1.82, 2.24) is 19.9 Å². The number of aromatic nitrogens is 3. The first kappa shape index (κ1) is 25.2. The molecule has 0 saturated carbocycles. The molecule has 0 bridgehead atoms. The van der Waals surface area contributed by atoms with Gasteiger partial charge in [-0.05, 0) is 40.8 Å². The van der Waals surface area contributed by atoms with E-state index in [1.807, 2.05) is 18.3 Å². The molecule has 3 unspecified atom stereocenters. The van der Waals surface area contributed by atoms with Gasteiger partial charge in [0.2, 0.25) is 0 Å². The summed E-state index contributed by atoms with van der Waals surface area (Å²) in [5, 5.41) is 14.3. The Hall–Kier alpha value is -4.07. The Morgan fingerprint density at radius 1 is 1.05 bits per heavy atom. The minimum Gasteiger partial charge on any atom is -0.444 e. The molecule has 0 aliphatic carbocycles. The van der Waals surface area contributed by atoms with Gasteiger partial charge in [-0.3, -0.25) is 4.57 Å². The van der Waals surface area contributed by atoms with E-state index in [0.29, 0.717) is 31.5 Å². The summed E-state index contributed by atoms with van der Waals surface area (Å²) in [6.07, 6.45) is -1.46. The molecule has 3 atom stereocenters. The third-order valence-corrected chi connectivity index (χ3v) is 7.39. The zero-order valence-corrected chi connectivity index (χ0v) is 20.8. The van der Waals surface area contributed by atoms with Crippen molar-refractivity contribution in [2.24, 2.45) is 11.8 Å². The maximum Gasteiger partial charge on any atom is 0.573 e. The summed E-state index contributed by atoms with van der Waals surface area (Å²) >= 11 is 0. The Morgan fingerprint density at radius 2 is 1.77 bits per heavy atom. The molecule has 1 aromatic carbocycles. The second-order valence-corrected chi connectivity index (χ2v) is 10.1. The van der Waals surface area contributed by atoms with Crippen LogP contribution < -0.4 is 24.6 Å². The number of nitrogens with zero attached hydrogens (tertiary/aromatic N) is 6. The van der Waals surface area contributed by atoms with Crippen LogP contribution in [0.15, 0.2) is 48.8 Å². The maximum atomic E-state index is 12.4. The largest absolute Gasteiger partial charge is 0.573 e. The molecular weight excluding hydrogens is 519 g/mol. The van der Waals surface area contributed by atoms with Gasteiger partial charge in [0.15, 0.2) is 0 Å². The van der Waals surface area contributed by atoms with Crippen LogP contribution in [0.1, 0.15) is 5.56 Å². The Labute approximate surface area is 221 Å². The van der Waals surface area contributed by atoms with E-state index in [-0.39, 0.29) is 23.6 Å². The Kier molecular flexibility index (Phi) is 6.41. The van der Waals surface area contributed by atoms with Gasteiger partial charge in [-0.1, -0.05) is 6.07 Å². The summed E-state index contributed by atoms with van der Waals surface area (Å²) in [7, 11) is 0. The van der Waals surface area contributed by atoms with Crippen LogP contribution >= 0.6 is 0 Å². The van der Waals surface area contributed by atoms with Crippen LogP contribution in [0.5, 0.6) is 11.8 Å². The monoisotopic (exact) mass is 545 g/mol. The fourth-order valence-electron chi connectivity index (χ4n) is 5.53. The maximum absolute atomic E-state index is 12.4. The van der Waals surface area contributed by atoms with Crippen molar-refractivity contribution in [2.75, 3.05) is 42.6 Å². The summed E-state index contributed by atoms with van der Waals surface area (Å²) in [5.41, 5.74) is 1.91. The van der Waals surface area contributed by atoms with Crippen molar-refractivity contribution in [3.63, 3.8) is 0 Å². The quantitative estimate of drug-likeness (QED) is 0.354. The van der Waals surface area contributed by atoms with Crippen molar-refractivity contribution >= 4 is 17.3 Å². The predicted octanol–water partition coefficient (Wildman–Crippen LogP) is 3.21. The lowest BCUT2D eigenvalue weighted by molar-refractivity contribution is -0.389. The molecule has 5 heterocycles. The van der Waals surface area contributed by atoms with Crippen molar-refractivity contribution in [1.29, 1.82) is 0 Å². The van der Waals surface area contributed by atoms with Crippen LogP contribution in [0.3, 0.4) is 0 Å². The SMILES string of the molecule is O=[N+]([O-])c1cn2c(n1)OCC(NCc1ccc(N3CC4CN(c5ccc(OC(F)(F)F)cc5)CC4C3)nc1)C2. The van der Waals surface area contributed by atoms with E-state index in [9.17, 15) is 23.3 Å². The highest BCUT2D eigenvalue weighted by atomic mass is 19.4. The number of nitrogens with one attached hydrogen (secondary N) is 1. The van der Waals surface area contributed by atoms with Gasteiger partial charge in [0.05, 0.1) is 6.04 Å². The van der Waals surface area contributed by atoms with Gasteiger partial charge < -0.3 is 34.7 Å². The molecule has 2 saturated heterocycles. The van der Waals surface area contributed by atoms with Gasteiger partial charge in [0.1, 0.15) is 24.4 Å². The first-order valence-corrected chi connectivity index (χ1v) is 12.6. The van der Waals surface area contributed by atoms with Gasteiger partial charge in [-0.2, -0.15) is 0 Å². The second-order valence-electron chi connectivity index (χ2n) is 10.1. The fraction of sp³-hybridized carbons (Fsp3) is 0.440. The van der Waals surface area contributed by atoms with Crippen LogP contribution in [0.2, 0.25) is 0 Å². The molecule has 11 nitrogen and oxygen atoms in total. The van der Waals surface area contributed by atoms with Gasteiger partial charge >= 0.3 is 18.2 Å². The Morgan fingerprint density at radius 3 is 2.41 bits per heavy atom. The molecule has 3 aromatic rings. The van der Waals surface area contributed by atoms with Crippen LogP contribution in [-0.2, 0) is 13.1 Å². The Balaban J connectivity index is 0.983. The first-order chi connectivity index (χ1) is 18.7. The normalized spacial score (nSPS) is 22.4. The summed E-state index contributed by atoms with van der Waals surface area (Å²) < 4.78 is 48.4. The molecule has 0 amide bonds. The van der Waals surface area contributed by atoms with Crippen LogP contribution in [0.25, 0.3) is 0 Å². The van der Waals surface area contributed by atoms with Gasteiger partial charge in [0.25, 0.3) is 0 Å². The molecule has 2 fully saturated rings. The number of imidazole rings is 1. The highest BCUT2D eigenvalue weighted by molar-refractivity contribution is 5.51. The van der Waals surface area contributed by atoms with Gasteiger partial charge in [-0.15, -0.1) is 13.2 Å². The third kappa shape index (κ3) is 5.55.